The van der Waals surface area contributed by atoms with Crippen molar-refractivity contribution >= 4 is 45.7 Å². The van der Waals surface area contributed by atoms with E-state index in [0.717, 1.165) is 0 Å². The molecule has 0 spiro atoms. The Kier molecular flexibility index (Phi) is 4.89. The van der Waals surface area contributed by atoms with E-state index in [2.05, 4.69) is 26.4 Å². The van der Waals surface area contributed by atoms with Gasteiger partial charge in [-0.15, -0.1) is 0 Å². The van der Waals surface area contributed by atoms with E-state index in [0.29, 0.717) is 52.8 Å². The number of aromatic nitrogens is 6. The topological polar surface area (TPSA) is 188 Å². The minimum atomic E-state index is -2.81. The van der Waals surface area contributed by atoms with Crippen molar-refractivity contribution < 1.29 is 19.8 Å². The summed E-state index contributed by atoms with van der Waals surface area (Å²) >= 11 is 0. The normalized spacial score (nSPS) is 28.8. The molecule has 4 heterocycles. The van der Waals surface area contributed by atoms with Crippen molar-refractivity contribution in [1.29, 1.82) is 5.26 Å². The number of nitrogens with two attached hydrogens (primary N) is 1. The van der Waals surface area contributed by atoms with E-state index < -0.39 is 47.7 Å². The summed E-state index contributed by atoms with van der Waals surface area (Å²) in [5.74, 6) is -0.0352. The second-order valence-corrected chi connectivity index (χ2v) is 11.7. The third-order valence-corrected chi connectivity index (χ3v) is 9.13. The van der Waals surface area contributed by atoms with Crippen LogP contribution in [0.4, 0.5) is 16.4 Å². The number of fused-ring (bicyclic) bond motifs is 2. The van der Waals surface area contributed by atoms with Crippen LogP contribution in [0.3, 0.4) is 0 Å². The van der Waals surface area contributed by atoms with Gasteiger partial charge in [-0.2, -0.15) is 10.4 Å². The van der Waals surface area contributed by atoms with Crippen molar-refractivity contribution in [2.24, 2.45) is 18.6 Å². The van der Waals surface area contributed by atoms with Gasteiger partial charge in [0.2, 0.25) is 5.91 Å². The Balaban J connectivity index is 1.30. The number of rotatable bonds is 7. The number of hydrogen-bond acceptors (Lipinski definition) is 9. The van der Waals surface area contributed by atoms with Crippen molar-refractivity contribution in [3.05, 3.63) is 40.6 Å². The van der Waals surface area contributed by atoms with Crippen LogP contribution in [-0.2, 0) is 27.5 Å². The summed E-state index contributed by atoms with van der Waals surface area (Å²) in [5.41, 5.74) is 4.56. The number of nitriles is 1. The zero-order valence-electron chi connectivity index (χ0n) is 27.5. The van der Waals surface area contributed by atoms with Crippen LogP contribution in [0, 0.1) is 17.2 Å². The van der Waals surface area contributed by atoms with Crippen LogP contribution in [0.15, 0.2) is 29.2 Å². The van der Waals surface area contributed by atoms with Crippen molar-refractivity contribution in [3.63, 3.8) is 0 Å². The molecule has 0 aromatic carbocycles. The highest BCUT2D eigenvalue weighted by molar-refractivity contribution is 5.90. The molecular weight excluding hydrogens is 552 g/mol. The summed E-state index contributed by atoms with van der Waals surface area (Å²) in [4.78, 5) is 47.3. The average Bonchev–Trinajstić information content (AvgIpc) is 3.81. The Morgan fingerprint density at radius 3 is 2.72 bits per heavy atom. The summed E-state index contributed by atoms with van der Waals surface area (Å²) in [6.45, 7) is -0.901. The van der Waals surface area contributed by atoms with Crippen molar-refractivity contribution in [2.75, 3.05) is 12.4 Å². The molecule has 4 unspecified atom stereocenters. The maximum absolute atomic E-state index is 13.6. The average molecular weight is 589 g/mol. The molecule has 222 valence electrons. The van der Waals surface area contributed by atoms with Gasteiger partial charge in [0.25, 0.3) is 0 Å². The molecule has 0 saturated heterocycles. The number of carbonyl (C=O) groups excluding carboxylic acids is 2. The summed E-state index contributed by atoms with van der Waals surface area (Å²) in [7, 11) is 1.19. The third-order valence-electron chi connectivity index (χ3n) is 9.13. The highest BCUT2D eigenvalue weighted by Crippen LogP contribution is 2.54. The number of imidazole rings is 1. The molecular formula is C29H32N10O4. The summed E-state index contributed by atoms with van der Waals surface area (Å²) < 4.78 is 41.0. The lowest BCUT2D eigenvalue weighted by Gasteiger charge is -2.15. The standard InChI is InChI=1S/C29H32N10O4/c1-15-12-29(15,25(31)40)39-24-18(23(36-39)28(14-30)8-9-28)6-7-21(35-24)34-22-11-19-20(13-32-22)37(2)27(42)38(19)17-5-4-16(10-17)33-26(41)43-3/h6-7,11,13,15-17H,4-5,8-10,12H2,1-3H3,(H2,31,40)(H,33,41)(H,32,34,35)/i2D3,16D. The van der Waals surface area contributed by atoms with Gasteiger partial charge in [0.05, 0.1) is 37.5 Å². The van der Waals surface area contributed by atoms with E-state index in [4.69, 9.17) is 21.3 Å². The molecule has 4 aromatic heterocycles. The molecule has 0 aliphatic heterocycles. The van der Waals surface area contributed by atoms with E-state index in [-0.39, 0.29) is 35.6 Å². The monoisotopic (exact) mass is 588 g/mol. The lowest BCUT2D eigenvalue weighted by molar-refractivity contribution is -0.123. The van der Waals surface area contributed by atoms with Gasteiger partial charge in [0, 0.05) is 34.6 Å². The number of primary amides is 1. The van der Waals surface area contributed by atoms with Crippen LogP contribution in [-0.4, -0.2) is 54.0 Å². The first kappa shape index (κ1) is 22.6. The number of aryl methyl sites for hydroxylation is 1. The van der Waals surface area contributed by atoms with Crippen LogP contribution in [0.5, 0.6) is 0 Å². The Morgan fingerprint density at radius 1 is 1.28 bits per heavy atom. The molecule has 3 saturated carbocycles. The molecule has 43 heavy (non-hydrogen) atoms. The molecule has 3 aliphatic rings. The fourth-order valence-corrected chi connectivity index (χ4v) is 6.40. The van der Waals surface area contributed by atoms with Gasteiger partial charge >= 0.3 is 11.8 Å². The molecule has 0 bridgehead atoms. The molecule has 4 N–H and O–H groups in total. The van der Waals surface area contributed by atoms with Crippen LogP contribution < -0.4 is 22.1 Å². The van der Waals surface area contributed by atoms with Gasteiger partial charge in [0.1, 0.15) is 22.6 Å². The second kappa shape index (κ2) is 9.29. The first-order chi connectivity index (χ1) is 22.2. The minimum absolute atomic E-state index is 0.0436. The first-order valence-corrected chi connectivity index (χ1v) is 14.0. The van der Waals surface area contributed by atoms with E-state index in [1.54, 1.807) is 16.8 Å². The summed E-state index contributed by atoms with van der Waals surface area (Å²) in [6, 6.07) is 5.37. The van der Waals surface area contributed by atoms with Gasteiger partial charge in [-0.05, 0) is 56.6 Å². The number of alkyl carbamates (subject to hydrolysis) is 1. The predicted molar refractivity (Wildman–Crippen MR) is 155 cm³/mol. The second-order valence-electron chi connectivity index (χ2n) is 11.7. The van der Waals surface area contributed by atoms with E-state index >= 15 is 0 Å². The number of carbonyl (C=O) groups is 2. The molecule has 3 aliphatic carbocycles. The highest BCUT2D eigenvalue weighted by Gasteiger charge is 2.61. The van der Waals surface area contributed by atoms with E-state index in [1.807, 2.05) is 6.92 Å². The number of pyridine rings is 2. The Hall–Kier alpha value is -4.93. The number of amides is 2. The molecule has 7 rings (SSSR count). The lowest BCUT2D eigenvalue weighted by atomic mass is 10.0. The number of ether oxygens (including phenoxy) is 1. The Bertz CT molecular complexity index is 2090. The molecule has 2 amide bonds. The van der Waals surface area contributed by atoms with Crippen molar-refractivity contribution in [2.45, 2.75) is 68.5 Å². The summed E-state index contributed by atoms with van der Waals surface area (Å²) in [5, 5.41) is 20.9. The van der Waals surface area contributed by atoms with Gasteiger partial charge in [0.15, 0.2) is 5.65 Å². The maximum atomic E-state index is 13.6. The SMILES string of the molecule is [2H]C1(NC(=O)OC)CCC(n2c(=O)n(C([2H])([2H])[2H])c3cnc(Nc4ccc5c(C6(C#N)CC6)nn(C6(C(N)=O)CC6C)c5n4)cc32)C1. The van der Waals surface area contributed by atoms with Crippen LogP contribution in [0.2, 0.25) is 0 Å². The zero-order valence-corrected chi connectivity index (χ0v) is 23.5. The molecule has 3 fully saturated rings. The zero-order chi connectivity index (χ0) is 33.7. The predicted octanol–water partition coefficient (Wildman–Crippen LogP) is 2.45. The number of nitrogens with one attached hydrogen (secondary N) is 2. The fourth-order valence-electron chi connectivity index (χ4n) is 6.40. The Labute approximate surface area is 251 Å². The third kappa shape index (κ3) is 3.98. The van der Waals surface area contributed by atoms with Crippen LogP contribution >= 0.6 is 0 Å². The first-order valence-electron chi connectivity index (χ1n) is 16.0. The number of methoxy groups -OCH3 is 1. The van der Waals surface area contributed by atoms with Crippen molar-refractivity contribution in [3.8, 4) is 6.07 Å². The van der Waals surface area contributed by atoms with Gasteiger partial charge in [-0.3, -0.25) is 13.9 Å². The smallest absolute Gasteiger partial charge is 0.407 e. The molecule has 14 nitrogen and oxygen atoms in total. The largest absolute Gasteiger partial charge is 0.453 e. The molecule has 4 aromatic rings. The minimum Gasteiger partial charge on any atom is -0.453 e. The lowest BCUT2D eigenvalue weighted by Crippen LogP contribution is -2.37. The van der Waals surface area contributed by atoms with Crippen molar-refractivity contribution in [1.82, 2.24) is 34.2 Å². The molecule has 4 atom stereocenters. The maximum Gasteiger partial charge on any atom is 0.407 e. The van der Waals surface area contributed by atoms with Gasteiger partial charge < -0.3 is 21.1 Å². The Morgan fingerprint density at radius 2 is 2.07 bits per heavy atom. The quantitative estimate of drug-likeness (QED) is 0.291. The van der Waals surface area contributed by atoms with E-state index in [9.17, 15) is 19.6 Å². The molecule has 0 radical (unpaired) electrons. The van der Waals surface area contributed by atoms with E-state index in [1.165, 1.54) is 23.9 Å². The number of hydrogen-bond donors (Lipinski definition) is 3. The fraction of sp³-hybridized carbons (Fsp3) is 0.483. The molecule has 14 heteroatoms. The number of nitrogens with zero attached hydrogens (tertiary/aromatic N) is 7. The summed E-state index contributed by atoms with van der Waals surface area (Å²) in [6.07, 6.45) is 2.89. The van der Waals surface area contributed by atoms with Crippen LogP contribution in [0.1, 0.15) is 62.7 Å². The number of anilines is 2. The van der Waals surface area contributed by atoms with Gasteiger partial charge in [-0.1, -0.05) is 6.92 Å². The van der Waals surface area contributed by atoms with Gasteiger partial charge in [-0.25, -0.2) is 24.2 Å². The van der Waals surface area contributed by atoms with Crippen LogP contribution in [0.25, 0.3) is 22.1 Å². The highest BCUT2D eigenvalue weighted by atomic mass is 16.5.